The molecule has 0 aliphatic carbocycles. The van der Waals surface area contributed by atoms with Crippen molar-refractivity contribution in [1.82, 2.24) is 5.06 Å². The zero-order chi connectivity index (χ0) is 14.4. The minimum Gasteiger partial charge on any atom is -0.322 e. The fourth-order valence-corrected chi connectivity index (χ4v) is 2.21. The number of benzene rings is 1. The van der Waals surface area contributed by atoms with E-state index in [0.717, 1.165) is 0 Å². The summed E-state index contributed by atoms with van der Waals surface area (Å²) in [6.07, 6.45) is 0.688. The first-order valence-corrected chi connectivity index (χ1v) is 7.03. The van der Waals surface area contributed by atoms with Gasteiger partial charge in [0.1, 0.15) is 0 Å². The van der Waals surface area contributed by atoms with Gasteiger partial charge in [-0.15, -0.1) is 11.8 Å². The third kappa shape index (κ3) is 3.80. The predicted molar refractivity (Wildman–Crippen MR) is 83.1 cm³/mol. The smallest absolute Gasteiger partial charge is 0.223 e. The van der Waals surface area contributed by atoms with Crippen LogP contribution in [0.15, 0.2) is 23.2 Å². The van der Waals surface area contributed by atoms with E-state index in [2.05, 4.69) is 22.2 Å². The maximum atomic E-state index is 6.12. The second-order valence-electron chi connectivity index (χ2n) is 4.04. The molecule has 6 heteroatoms. The van der Waals surface area contributed by atoms with Gasteiger partial charge in [-0.25, -0.2) is 10.1 Å². The highest BCUT2D eigenvalue weighted by Gasteiger charge is 2.19. The molecule has 0 bridgehead atoms. The molecule has 0 unspecified atom stereocenters. The molecule has 1 aromatic carbocycles. The van der Waals surface area contributed by atoms with Gasteiger partial charge in [0, 0.05) is 6.42 Å². The van der Waals surface area contributed by atoms with Gasteiger partial charge < -0.3 is 5.32 Å². The van der Waals surface area contributed by atoms with Crippen LogP contribution in [0.25, 0.3) is 0 Å². The molecule has 0 aromatic heterocycles. The van der Waals surface area contributed by atoms with E-state index in [1.807, 2.05) is 6.92 Å². The highest BCUT2D eigenvalue weighted by Crippen LogP contribution is 2.30. The van der Waals surface area contributed by atoms with E-state index in [9.17, 15) is 0 Å². The van der Waals surface area contributed by atoms with Crippen LogP contribution in [-0.2, 0) is 4.84 Å². The highest BCUT2D eigenvalue weighted by atomic mass is 35.5. The number of rotatable bonds is 4. The van der Waals surface area contributed by atoms with Crippen LogP contribution in [0.5, 0.6) is 0 Å². The molecule has 0 atom stereocenters. The van der Waals surface area contributed by atoms with Crippen molar-refractivity contribution < 1.29 is 4.84 Å². The van der Waals surface area contributed by atoms with Crippen LogP contribution in [0, 0.1) is 11.8 Å². The van der Waals surface area contributed by atoms with E-state index in [0.29, 0.717) is 47.8 Å². The molecule has 20 heavy (non-hydrogen) atoms. The maximum Gasteiger partial charge on any atom is 0.223 e. The molecule has 1 aliphatic rings. The Kier molecular flexibility index (Phi) is 5.54. The van der Waals surface area contributed by atoms with Gasteiger partial charge in [-0.1, -0.05) is 29.3 Å². The summed E-state index contributed by atoms with van der Waals surface area (Å²) in [4.78, 5) is 9.97. The van der Waals surface area contributed by atoms with Crippen LogP contribution >= 0.6 is 23.2 Å². The maximum absolute atomic E-state index is 6.12. The average Bonchev–Trinajstić information content (AvgIpc) is 2.87. The zero-order valence-electron chi connectivity index (χ0n) is 11.1. The number of para-hydroxylation sites is 1. The predicted octanol–water partition coefficient (Wildman–Crippen LogP) is 3.42. The number of hydrogen-bond donors (Lipinski definition) is 1. The van der Waals surface area contributed by atoms with Gasteiger partial charge in [-0.2, -0.15) is 0 Å². The lowest BCUT2D eigenvalue weighted by molar-refractivity contribution is -0.0885. The van der Waals surface area contributed by atoms with Crippen molar-refractivity contribution in [3.63, 3.8) is 0 Å². The molecule has 106 valence electrons. The Morgan fingerprint density at radius 1 is 1.40 bits per heavy atom. The summed E-state index contributed by atoms with van der Waals surface area (Å²) in [6, 6.07) is 5.34. The monoisotopic (exact) mass is 311 g/mol. The summed E-state index contributed by atoms with van der Waals surface area (Å²) < 4.78 is 0. The molecule has 2 rings (SSSR count). The summed E-state index contributed by atoms with van der Waals surface area (Å²) in [5, 5.41) is 5.92. The van der Waals surface area contributed by atoms with Gasteiger partial charge in [0.05, 0.1) is 35.4 Å². The number of halogens is 2. The van der Waals surface area contributed by atoms with Gasteiger partial charge in [0.2, 0.25) is 5.96 Å². The molecule has 0 spiro atoms. The molecule has 4 nitrogen and oxygen atoms in total. The number of anilines is 1. The first kappa shape index (κ1) is 15.0. The van der Waals surface area contributed by atoms with Crippen molar-refractivity contribution in [3.05, 3.63) is 28.2 Å². The van der Waals surface area contributed by atoms with Crippen molar-refractivity contribution in [3.8, 4) is 11.8 Å². The lowest BCUT2D eigenvalue weighted by Crippen LogP contribution is -2.33. The molecule has 0 saturated carbocycles. The van der Waals surface area contributed by atoms with E-state index < -0.39 is 0 Å². The number of nitrogens with one attached hydrogen (secondary N) is 1. The lowest BCUT2D eigenvalue weighted by atomic mass is 10.3. The van der Waals surface area contributed by atoms with Gasteiger partial charge in [0.25, 0.3) is 0 Å². The van der Waals surface area contributed by atoms with Crippen molar-refractivity contribution >= 4 is 34.8 Å². The molecular formula is C14H15Cl2N3O. The van der Waals surface area contributed by atoms with Gasteiger partial charge in [0.15, 0.2) is 0 Å². The quantitative estimate of drug-likeness (QED) is 0.684. The van der Waals surface area contributed by atoms with E-state index in [4.69, 9.17) is 28.0 Å². The van der Waals surface area contributed by atoms with Gasteiger partial charge >= 0.3 is 0 Å². The highest BCUT2D eigenvalue weighted by molar-refractivity contribution is 6.39. The first-order valence-electron chi connectivity index (χ1n) is 6.28. The van der Waals surface area contributed by atoms with Crippen LogP contribution in [-0.4, -0.2) is 30.7 Å². The third-order valence-corrected chi connectivity index (χ3v) is 3.28. The zero-order valence-corrected chi connectivity index (χ0v) is 12.6. The summed E-state index contributed by atoms with van der Waals surface area (Å²) >= 11 is 12.2. The summed E-state index contributed by atoms with van der Waals surface area (Å²) in [6.45, 7) is 3.70. The van der Waals surface area contributed by atoms with Crippen molar-refractivity contribution in [2.45, 2.75) is 13.3 Å². The molecule has 0 fully saturated rings. The van der Waals surface area contributed by atoms with Crippen LogP contribution in [0.2, 0.25) is 10.0 Å². The molecule has 1 heterocycles. The van der Waals surface area contributed by atoms with Gasteiger partial charge in [-0.05, 0) is 19.1 Å². The van der Waals surface area contributed by atoms with E-state index >= 15 is 0 Å². The van der Waals surface area contributed by atoms with Crippen LogP contribution in [0.4, 0.5) is 5.69 Å². The van der Waals surface area contributed by atoms with Crippen molar-refractivity contribution in [2.75, 3.05) is 25.0 Å². The molecule has 1 N–H and O–H groups in total. The van der Waals surface area contributed by atoms with E-state index in [1.54, 1.807) is 23.3 Å². The fourth-order valence-electron chi connectivity index (χ4n) is 1.72. The van der Waals surface area contributed by atoms with Crippen molar-refractivity contribution in [2.24, 2.45) is 4.99 Å². The van der Waals surface area contributed by atoms with Gasteiger partial charge in [-0.3, -0.25) is 4.84 Å². The largest absolute Gasteiger partial charge is 0.322 e. The molecule has 0 radical (unpaired) electrons. The minimum atomic E-state index is 0.526. The average molecular weight is 312 g/mol. The van der Waals surface area contributed by atoms with E-state index in [1.165, 1.54) is 0 Å². The normalized spacial score (nSPS) is 13.8. The summed E-state index contributed by atoms with van der Waals surface area (Å²) in [7, 11) is 0. The standard InChI is InChI=1S/C14H15Cl2N3O/c1-2-3-4-10-20-19-9-8-17-14(19)18-13-11(15)6-5-7-12(13)16/h5-7H,4,8-10H2,1H3,(H,17,18). The summed E-state index contributed by atoms with van der Waals surface area (Å²) in [5.41, 5.74) is 0.637. The molecule has 0 amide bonds. The lowest BCUT2D eigenvalue weighted by Gasteiger charge is -2.20. The number of hydrogen-bond acceptors (Lipinski definition) is 4. The summed E-state index contributed by atoms with van der Waals surface area (Å²) in [5.74, 6) is 6.40. The number of aliphatic imine (C=N–C) groups is 1. The van der Waals surface area contributed by atoms with Crippen molar-refractivity contribution in [1.29, 1.82) is 0 Å². The molecule has 1 aromatic rings. The fraction of sp³-hybridized carbons (Fsp3) is 0.357. The minimum absolute atomic E-state index is 0.526. The Morgan fingerprint density at radius 3 is 2.85 bits per heavy atom. The molecule has 1 aliphatic heterocycles. The molecule has 0 saturated heterocycles. The first-order chi connectivity index (χ1) is 9.72. The third-order valence-electron chi connectivity index (χ3n) is 2.65. The number of nitrogens with zero attached hydrogens (tertiary/aromatic N) is 2. The second-order valence-corrected chi connectivity index (χ2v) is 4.85. The Morgan fingerprint density at radius 2 is 2.15 bits per heavy atom. The Balaban J connectivity index is 1.98. The molecular weight excluding hydrogens is 297 g/mol. The van der Waals surface area contributed by atoms with Crippen LogP contribution < -0.4 is 5.32 Å². The number of hydroxylamine groups is 2. The van der Waals surface area contributed by atoms with E-state index in [-0.39, 0.29) is 0 Å². The Hall–Kier alpha value is -1.41. The van der Waals surface area contributed by atoms with Crippen LogP contribution in [0.1, 0.15) is 13.3 Å². The Labute approximate surface area is 128 Å². The SMILES string of the molecule is CC#CCCON1CCN=C1Nc1c(Cl)cccc1Cl. The number of guanidine groups is 1. The topological polar surface area (TPSA) is 36.9 Å². The van der Waals surface area contributed by atoms with Crippen LogP contribution in [0.3, 0.4) is 0 Å². The second kappa shape index (κ2) is 7.39. The Bertz CT molecular complexity index is 543.